The Hall–Kier alpha value is -0.0800. The Labute approximate surface area is 69.3 Å². The van der Waals surface area contributed by atoms with E-state index in [1.165, 1.54) is 19.3 Å². The lowest BCUT2D eigenvalue weighted by Crippen LogP contribution is -2.44. The minimum Gasteiger partial charge on any atom is -0.330 e. The van der Waals surface area contributed by atoms with Gasteiger partial charge in [-0.2, -0.15) is 0 Å². The molecule has 1 rings (SSSR count). The van der Waals surface area contributed by atoms with E-state index in [0.29, 0.717) is 11.5 Å². The molecule has 0 spiro atoms. The van der Waals surface area contributed by atoms with E-state index in [4.69, 9.17) is 11.5 Å². The SMILES string of the molecule is CC1(C(N)CCCN)CCC1. The van der Waals surface area contributed by atoms with Gasteiger partial charge in [-0.05, 0) is 37.6 Å². The van der Waals surface area contributed by atoms with Crippen molar-refractivity contribution in [2.75, 3.05) is 6.54 Å². The van der Waals surface area contributed by atoms with E-state index in [2.05, 4.69) is 6.92 Å². The molecule has 0 aromatic carbocycles. The second-order valence-corrected chi connectivity index (χ2v) is 4.04. The minimum absolute atomic E-state index is 0.389. The van der Waals surface area contributed by atoms with Gasteiger partial charge in [-0.15, -0.1) is 0 Å². The maximum atomic E-state index is 6.04. The van der Waals surface area contributed by atoms with E-state index in [0.717, 1.165) is 19.4 Å². The molecule has 2 nitrogen and oxygen atoms in total. The normalized spacial score (nSPS) is 24.3. The van der Waals surface area contributed by atoms with Crippen LogP contribution in [0.15, 0.2) is 0 Å². The van der Waals surface area contributed by atoms with Crippen LogP contribution in [0, 0.1) is 5.41 Å². The first-order valence-corrected chi connectivity index (χ1v) is 4.65. The average Bonchev–Trinajstić information content (AvgIpc) is 1.95. The summed E-state index contributed by atoms with van der Waals surface area (Å²) in [5.41, 5.74) is 11.9. The van der Waals surface area contributed by atoms with Crippen molar-refractivity contribution < 1.29 is 0 Å². The van der Waals surface area contributed by atoms with Gasteiger partial charge in [0.05, 0.1) is 0 Å². The molecule has 0 heterocycles. The zero-order valence-electron chi connectivity index (χ0n) is 7.47. The van der Waals surface area contributed by atoms with Crippen molar-refractivity contribution >= 4 is 0 Å². The van der Waals surface area contributed by atoms with E-state index >= 15 is 0 Å². The van der Waals surface area contributed by atoms with Gasteiger partial charge in [0.2, 0.25) is 0 Å². The zero-order valence-corrected chi connectivity index (χ0v) is 7.47. The summed E-state index contributed by atoms with van der Waals surface area (Å²) < 4.78 is 0. The Morgan fingerprint density at radius 2 is 2.09 bits per heavy atom. The fourth-order valence-corrected chi connectivity index (χ4v) is 1.79. The molecule has 1 atom stereocenters. The van der Waals surface area contributed by atoms with Crippen LogP contribution in [0.2, 0.25) is 0 Å². The van der Waals surface area contributed by atoms with E-state index in [1.54, 1.807) is 0 Å². The summed E-state index contributed by atoms with van der Waals surface area (Å²) in [4.78, 5) is 0. The monoisotopic (exact) mass is 156 g/mol. The van der Waals surface area contributed by atoms with E-state index in [9.17, 15) is 0 Å². The number of rotatable bonds is 4. The quantitative estimate of drug-likeness (QED) is 0.643. The minimum atomic E-state index is 0.389. The zero-order chi connectivity index (χ0) is 8.32. The van der Waals surface area contributed by atoms with Crippen LogP contribution in [-0.2, 0) is 0 Å². The first-order chi connectivity index (χ1) is 5.19. The second kappa shape index (κ2) is 3.55. The second-order valence-electron chi connectivity index (χ2n) is 4.04. The Balaban J connectivity index is 2.22. The van der Waals surface area contributed by atoms with Crippen molar-refractivity contribution in [3.05, 3.63) is 0 Å². The molecule has 0 aromatic heterocycles. The molecule has 1 aliphatic rings. The van der Waals surface area contributed by atoms with E-state index < -0.39 is 0 Å². The van der Waals surface area contributed by atoms with Gasteiger partial charge < -0.3 is 11.5 Å². The molecule has 1 saturated carbocycles. The van der Waals surface area contributed by atoms with Crippen molar-refractivity contribution in [2.24, 2.45) is 16.9 Å². The van der Waals surface area contributed by atoms with Crippen LogP contribution in [0.4, 0.5) is 0 Å². The largest absolute Gasteiger partial charge is 0.330 e. The highest BCUT2D eigenvalue weighted by atomic mass is 14.7. The third kappa shape index (κ3) is 1.94. The molecular formula is C9H20N2. The lowest BCUT2D eigenvalue weighted by atomic mass is 9.65. The third-order valence-corrected chi connectivity index (χ3v) is 3.11. The molecule has 0 amide bonds. The van der Waals surface area contributed by atoms with Crippen molar-refractivity contribution in [1.29, 1.82) is 0 Å². The van der Waals surface area contributed by atoms with Crippen LogP contribution >= 0.6 is 0 Å². The Kier molecular flexibility index (Phi) is 2.90. The van der Waals surface area contributed by atoms with Gasteiger partial charge in [-0.3, -0.25) is 0 Å². The molecule has 0 bridgehead atoms. The van der Waals surface area contributed by atoms with Crippen LogP contribution in [0.1, 0.15) is 39.0 Å². The van der Waals surface area contributed by atoms with Gasteiger partial charge in [0.25, 0.3) is 0 Å². The predicted octanol–water partition coefficient (Wildman–Crippen LogP) is 1.24. The van der Waals surface area contributed by atoms with Crippen LogP contribution in [0.25, 0.3) is 0 Å². The molecule has 0 aromatic rings. The molecular weight excluding hydrogens is 136 g/mol. The van der Waals surface area contributed by atoms with E-state index in [-0.39, 0.29) is 0 Å². The number of hydrogen-bond acceptors (Lipinski definition) is 2. The summed E-state index contributed by atoms with van der Waals surface area (Å²) in [5, 5.41) is 0. The third-order valence-electron chi connectivity index (χ3n) is 3.11. The molecule has 2 heteroatoms. The highest BCUT2D eigenvalue weighted by Crippen LogP contribution is 2.43. The van der Waals surface area contributed by atoms with Gasteiger partial charge in [0.15, 0.2) is 0 Å². The lowest BCUT2D eigenvalue weighted by molar-refractivity contribution is 0.113. The summed E-state index contributed by atoms with van der Waals surface area (Å²) in [5.74, 6) is 0. The summed E-state index contributed by atoms with van der Waals surface area (Å²) >= 11 is 0. The van der Waals surface area contributed by atoms with Crippen molar-refractivity contribution in [3.63, 3.8) is 0 Å². The maximum Gasteiger partial charge on any atom is 0.00933 e. The molecule has 1 unspecified atom stereocenters. The fraction of sp³-hybridized carbons (Fsp3) is 1.00. The summed E-state index contributed by atoms with van der Waals surface area (Å²) in [7, 11) is 0. The molecule has 0 saturated heterocycles. The number of nitrogens with two attached hydrogens (primary N) is 2. The van der Waals surface area contributed by atoms with Crippen LogP contribution < -0.4 is 11.5 Å². The van der Waals surface area contributed by atoms with Gasteiger partial charge in [0, 0.05) is 6.04 Å². The lowest BCUT2D eigenvalue weighted by Gasteiger charge is -2.43. The molecule has 0 aliphatic heterocycles. The highest BCUT2D eigenvalue weighted by Gasteiger charge is 2.36. The fourth-order valence-electron chi connectivity index (χ4n) is 1.79. The van der Waals surface area contributed by atoms with Crippen LogP contribution in [-0.4, -0.2) is 12.6 Å². The molecule has 11 heavy (non-hydrogen) atoms. The first-order valence-electron chi connectivity index (χ1n) is 4.65. The Bertz CT molecular complexity index is 119. The van der Waals surface area contributed by atoms with E-state index in [1.807, 2.05) is 0 Å². The summed E-state index contributed by atoms with van der Waals surface area (Å²) in [6.45, 7) is 3.08. The molecule has 1 aliphatic carbocycles. The van der Waals surface area contributed by atoms with Crippen LogP contribution in [0.3, 0.4) is 0 Å². The number of hydrogen-bond donors (Lipinski definition) is 2. The standard InChI is InChI=1S/C9H20N2/c1-9(5-3-6-9)8(11)4-2-7-10/h8H,2-7,10-11H2,1H3. The van der Waals surface area contributed by atoms with Gasteiger partial charge in [0.1, 0.15) is 0 Å². The molecule has 4 N–H and O–H groups in total. The topological polar surface area (TPSA) is 52.0 Å². The Morgan fingerprint density at radius 1 is 1.45 bits per heavy atom. The molecule has 1 fully saturated rings. The van der Waals surface area contributed by atoms with Crippen molar-refractivity contribution in [1.82, 2.24) is 0 Å². The van der Waals surface area contributed by atoms with Crippen molar-refractivity contribution in [3.8, 4) is 0 Å². The van der Waals surface area contributed by atoms with Crippen LogP contribution in [0.5, 0.6) is 0 Å². The summed E-state index contributed by atoms with van der Waals surface area (Å²) in [6.07, 6.45) is 6.19. The van der Waals surface area contributed by atoms with Gasteiger partial charge in [-0.25, -0.2) is 0 Å². The first kappa shape index (κ1) is 9.01. The predicted molar refractivity (Wildman–Crippen MR) is 48.2 cm³/mol. The van der Waals surface area contributed by atoms with Gasteiger partial charge >= 0.3 is 0 Å². The summed E-state index contributed by atoms with van der Waals surface area (Å²) in [6, 6.07) is 0.389. The van der Waals surface area contributed by atoms with Crippen molar-refractivity contribution in [2.45, 2.75) is 45.1 Å². The highest BCUT2D eigenvalue weighted by molar-refractivity contribution is 4.91. The molecule has 66 valence electrons. The smallest absolute Gasteiger partial charge is 0.00933 e. The Morgan fingerprint density at radius 3 is 2.45 bits per heavy atom. The molecule has 0 radical (unpaired) electrons. The average molecular weight is 156 g/mol. The van der Waals surface area contributed by atoms with Gasteiger partial charge in [-0.1, -0.05) is 13.3 Å². The maximum absolute atomic E-state index is 6.04.